The Morgan fingerprint density at radius 2 is 1.76 bits per heavy atom. The summed E-state index contributed by atoms with van der Waals surface area (Å²) in [5.74, 6) is -0.138. The minimum absolute atomic E-state index is 0.0657. The zero-order valence-electron chi connectivity index (χ0n) is 12.0. The minimum atomic E-state index is -0.138. The minimum Gasteiger partial charge on any atom is -0.346 e. The summed E-state index contributed by atoms with van der Waals surface area (Å²) in [6, 6.07) is 16.7. The molecule has 0 aliphatic heterocycles. The van der Waals surface area contributed by atoms with Gasteiger partial charge in [-0.25, -0.2) is 0 Å². The second kappa shape index (κ2) is 6.96. The van der Waals surface area contributed by atoms with E-state index >= 15 is 0 Å². The summed E-state index contributed by atoms with van der Waals surface area (Å²) in [7, 11) is 0. The van der Waals surface area contributed by atoms with Crippen molar-refractivity contribution in [3.63, 3.8) is 0 Å². The Balaban J connectivity index is 2.05. The van der Waals surface area contributed by atoms with E-state index in [2.05, 4.69) is 5.32 Å². The van der Waals surface area contributed by atoms with Crippen LogP contribution in [0.1, 0.15) is 34.5 Å². The van der Waals surface area contributed by atoms with E-state index in [1.807, 2.05) is 43.5 Å². The van der Waals surface area contributed by atoms with E-state index in [0.717, 1.165) is 5.56 Å². The first-order valence-corrected chi connectivity index (χ1v) is 7.81. The molecule has 106 valence electrons. The molecule has 0 saturated heterocycles. The molecule has 21 heavy (non-hydrogen) atoms. The predicted octanol–water partition coefficient (Wildman–Crippen LogP) is 3.77. The van der Waals surface area contributed by atoms with Crippen molar-refractivity contribution < 1.29 is 4.79 Å². The molecule has 0 aromatic heterocycles. The van der Waals surface area contributed by atoms with Crippen molar-refractivity contribution in [3.05, 3.63) is 65.2 Å². The number of hydrogen-bond acceptors (Lipinski definition) is 3. The van der Waals surface area contributed by atoms with Gasteiger partial charge in [-0.3, -0.25) is 4.79 Å². The second-order valence-electron chi connectivity index (χ2n) is 4.66. The van der Waals surface area contributed by atoms with Gasteiger partial charge in [-0.05, 0) is 55.1 Å². The Morgan fingerprint density at radius 3 is 2.29 bits per heavy atom. The van der Waals surface area contributed by atoms with Crippen molar-refractivity contribution >= 4 is 17.7 Å². The Bertz CT molecular complexity index is 657. The van der Waals surface area contributed by atoms with Crippen molar-refractivity contribution in [2.45, 2.75) is 17.9 Å². The van der Waals surface area contributed by atoms with Crippen LogP contribution in [-0.2, 0) is 0 Å². The Labute approximate surface area is 129 Å². The SMILES string of the molecule is CSc1ccc(C(C)NC(=O)c2ccc(C#N)cc2)cc1. The third-order valence-corrected chi connectivity index (χ3v) is 3.98. The van der Waals surface area contributed by atoms with Crippen LogP contribution in [0.15, 0.2) is 53.4 Å². The number of carbonyl (C=O) groups is 1. The third-order valence-electron chi connectivity index (χ3n) is 3.24. The van der Waals surface area contributed by atoms with E-state index < -0.39 is 0 Å². The van der Waals surface area contributed by atoms with Gasteiger partial charge in [0, 0.05) is 10.5 Å². The van der Waals surface area contributed by atoms with Gasteiger partial charge in [-0.15, -0.1) is 11.8 Å². The molecule has 0 aliphatic rings. The molecule has 3 nitrogen and oxygen atoms in total. The lowest BCUT2D eigenvalue weighted by Crippen LogP contribution is -2.26. The van der Waals surface area contributed by atoms with Crippen molar-refractivity contribution in [1.29, 1.82) is 5.26 Å². The lowest BCUT2D eigenvalue weighted by Gasteiger charge is -2.14. The summed E-state index contributed by atoms with van der Waals surface area (Å²) in [4.78, 5) is 13.4. The number of nitriles is 1. The summed E-state index contributed by atoms with van der Waals surface area (Å²) in [5.41, 5.74) is 2.17. The number of benzene rings is 2. The average Bonchev–Trinajstić information content (AvgIpc) is 2.55. The van der Waals surface area contributed by atoms with Gasteiger partial charge in [-0.1, -0.05) is 12.1 Å². The van der Waals surface area contributed by atoms with Crippen molar-refractivity contribution in [2.75, 3.05) is 6.26 Å². The molecule has 4 heteroatoms. The van der Waals surface area contributed by atoms with Crippen LogP contribution in [0.3, 0.4) is 0 Å². The first-order chi connectivity index (χ1) is 10.1. The van der Waals surface area contributed by atoms with Crippen LogP contribution in [0, 0.1) is 11.3 Å². The molecule has 1 amide bonds. The van der Waals surface area contributed by atoms with Gasteiger partial charge in [-0.2, -0.15) is 5.26 Å². The van der Waals surface area contributed by atoms with Crippen LogP contribution >= 0.6 is 11.8 Å². The third kappa shape index (κ3) is 3.87. The highest BCUT2D eigenvalue weighted by Crippen LogP contribution is 2.19. The van der Waals surface area contributed by atoms with E-state index in [4.69, 9.17) is 5.26 Å². The molecule has 0 spiro atoms. The first-order valence-electron chi connectivity index (χ1n) is 6.59. The number of amides is 1. The monoisotopic (exact) mass is 296 g/mol. The van der Waals surface area contributed by atoms with Crippen LogP contribution in [0.25, 0.3) is 0 Å². The number of carbonyl (C=O) groups excluding carboxylic acids is 1. The molecule has 1 atom stereocenters. The molecule has 0 aliphatic carbocycles. The molecule has 0 bridgehead atoms. The second-order valence-corrected chi connectivity index (χ2v) is 5.54. The van der Waals surface area contributed by atoms with Crippen LogP contribution in [0.4, 0.5) is 0 Å². The molecule has 1 N–H and O–H groups in total. The predicted molar refractivity (Wildman–Crippen MR) is 85.3 cm³/mol. The largest absolute Gasteiger partial charge is 0.346 e. The number of thioether (sulfide) groups is 1. The summed E-state index contributed by atoms with van der Waals surface area (Å²) in [6.07, 6.45) is 2.03. The van der Waals surface area contributed by atoms with E-state index in [1.54, 1.807) is 36.0 Å². The normalized spacial score (nSPS) is 11.5. The zero-order chi connectivity index (χ0) is 15.2. The highest BCUT2D eigenvalue weighted by Gasteiger charge is 2.11. The highest BCUT2D eigenvalue weighted by atomic mass is 32.2. The molecule has 2 aromatic carbocycles. The van der Waals surface area contributed by atoms with Crippen LogP contribution in [0.5, 0.6) is 0 Å². The fraction of sp³-hybridized carbons (Fsp3) is 0.176. The van der Waals surface area contributed by atoms with E-state index in [1.165, 1.54) is 4.90 Å². The molecular formula is C17H16N2OS. The maximum Gasteiger partial charge on any atom is 0.251 e. The van der Waals surface area contributed by atoms with Gasteiger partial charge in [0.05, 0.1) is 17.7 Å². The van der Waals surface area contributed by atoms with Crippen molar-refractivity contribution in [1.82, 2.24) is 5.32 Å². The number of hydrogen-bond donors (Lipinski definition) is 1. The molecule has 2 aromatic rings. The van der Waals surface area contributed by atoms with E-state index in [-0.39, 0.29) is 11.9 Å². The number of rotatable bonds is 4. The van der Waals surface area contributed by atoms with Gasteiger partial charge < -0.3 is 5.32 Å². The topological polar surface area (TPSA) is 52.9 Å². The quantitative estimate of drug-likeness (QED) is 0.874. The van der Waals surface area contributed by atoms with Gasteiger partial charge in [0.1, 0.15) is 0 Å². The van der Waals surface area contributed by atoms with Gasteiger partial charge in [0.2, 0.25) is 0 Å². The molecule has 0 radical (unpaired) electrons. The molecule has 0 heterocycles. The summed E-state index contributed by atoms with van der Waals surface area (Å²) >= 11 is 1.69. The van der Waals surface area contributed by atoms with Crippen LogP contribution in [-0.4, -0.2) is 12.2 Å². The van der Waals surface area contributed by atoms with Crippen molar-refractivity contribution in [3.8, 4) is 6.07 Å². The summed E-state index contributed by atoms with van der Waals surface area (Å²) in [5, 5.41) is 11.7. The number of nitrogens with zero attached hydrogens (tertiary/aromatic N) is 1. The fourth-order valence-corrected chi connectivity index (χ4v) is 2.36. The average molecular weight is 296 g/mol. The van der Waals surface area contributed by atoms with Crippen LogP contribution < -0.4 is 5.32 Å². The maximum absolute atomic E-state index is 12.2. The van der Waals surface area contributed by atoms with Gasteiger partial charge in [0.15, 0.2) is 0 Å². The highest BCUT2D eigenvalue weighted by molar-refractivity contribution is 7.98. The van der Waals surface area contributed by atoms with E-state index in [9.17, 15) is 4.79 Å². The zero-order valence-corrected chi connectivity index (χ0v) is 12.8. The van der Waals surface area contributed by atoms with Crippen LogP contribution in [0.2, 0.25) is 0 Å². The maximum atomic E-state index is 12.2. The summed E-state index contributed by atoms with van der Waals surface area (Å²) < 4.78 is 0. The molecular weight excluding hydrogens is 280 g/mol. The standard InChI is InChI=1S/C17H16N2OS/c1-12(14-7-9-16(21-2)10-8-14)19-17(20)15-5-3-13(11-18)4-6-15/h3-10,12H,1-2H3,(H,19,20). The molecule has 2 rings (SSSR count). The lowest BCUT2D eigenvalue weighted by molar-refractivity contribution is 0.0940. The Hall–Kier alpha value is -2.25. The first kappa shape index (κ1) is 15.1. The van der Waals surface area contributed by atoms with Crippen molar-refractivity contribution in [2.24, 2.45) is 0 Å². The summed E-state index contributed by atoms with van der Waals surface area (Å²) in [6.45, 7) is 1.95. The molecule has 1 unspecified atom stereocenters. The van der Waals surface area contributed by atoms with Gasteiger partial charge in [0.25, 0.3) is 5.91 Å². The van der Waals surface area contributed by atoms with E-state index in [0.29, 0.717) is 11.1 Å². The number of nitrogens with one attached hydrogen (secondary N) is 1. The molecule has 0 saturated carbocycles. The Kier molecular flexibility index (Phi) is 5.02. The fourth-order valence-electron chi connectivity index (χ4n) is 1.95. The lowest BCUT2D eigenvalue weighted by atomic mass is 10.1. The van der Waals surface area contributed by atoms with Gasteiger partial charge >= 0.3 is 0 Å². The Morgan fingerprint density at radius 1 is 1.14 bits per heavy atom. The molecule has 0 fully saturated rings. The smallest absolute Gasteiger partial charge is 0.251 e.